The normalized spacial score (nSPS) is 11.8. The van der Waals surface area contributed by atoms with Gasteiger partial charge in [-0.1, -0.05) is 565 Å². The topological polar surface area (TPSA) is 114 Å². The molecule has 6 nitrogen and oxygen atoms in total. The van der Waals surface area contributed by atoms with E-state index >= 15 is 0 Å². The summed E-state index contributed by atoms with van der Waals surface area (Å²) in [5.74, 6) is 0. The van der Waals surface area contributed by atoms with Crippen LogP contribution in [-0.4, -0.2) is 63.7 Å². The minimum Gasteiger partial charge on any atom is -0.744 e. The average molecular weight is 1590 g/mol. The van der Waals surface area contributed by atoms with Gasteiger partial charge >= 0.3 is 37.7 Å². The molecule has 0 saturated heterocycles. The molecule has 0 fully saturated rings. The van der Waals surface area contributed by atoms with E-state index in [1.54, 1.807) is 12.1 Å². The van der Waals surface area contributed by atoms with E-state index in [9.17, 15) is 25.9 Å². The van der Waals surface area contributed by atoms with Crippen LogP contribution in [0.5, 0.6) is 0 Å². The van der Waals surface area contributed by atoms with E-state index in [0.717, 1.165) is 36.8 Å². The third-order valence-corrected chi connectivity index (χ3v) is 25.7. The van der Waals surface area contributed by atoms with E-state index in [2.05, 4.69) is 13.8 Å². The Bertz CT molecular complexity index is 2150. The van der Waals surface area contributed by atoms with Crippen molar-refractivity contribution in [3.05, 3.63) is 59.7 Å². The summed E-state index contributed by atoms with van der Waals surface area (Å²) < 4.78 is 67.1. The smallest absolute Gasteiger partial charge is 0.744 e. The number of rotatable bonds is 88. The van der Waals surface area contributed by atoms with Crippen LogP contribution in [0.2, 0.25) is 0 Å². The fraction of sp³-hybridized carbons (Fsp3) is 0.880. The van der Waals surface area contributed by atoms with Crippen molar-refractivity contribution in [2.45, 2.75) is 576 Å². The van der Waals surface area contributed by atoms with Crippen molar-refractivity contribution in [3.8, 4) is 0 Å². The Morgan fingerprint density at radius 1 is 0.183 bits per heavy atom. The van der Waals surface area contributed by atoms with Crippen molar-refractivity contribution in [1.82, 2.24) is 0 Å². The fourth-order valence-electron chi connectivity index (χ4n) is 16.7. The molecule has 2 rings (SSSR count). The van der Waals surface area contributed by atoms with Gasteiger partial charge in [0.25, 0.3) is 0 Å². The van der Waals surface area contributed by atoms with Gasteiger partial charge in [-0.2, -0.15) is 0 Å². The molecule has 0 heterocycles. The maximum Gasteiger partial charge on any atom is 2.00 e. The number of benzene rings is 2. The van der Waals surface area contributed by atoms with Crippen LogP contribution in [-0.2, 0) is 33.1 Å². The SMILES string of the molecule is CCCCCCCCCCCCCCCCCCCCCCCCCCCCCCCCCCCCCCCCCCCCc1cccc(S(=O)(=O)[O-])c1.CCCCCCCCCCCCCCCCCCCCCCCCCCCCCCCCCCCCCCCCCCCCc1cccc(S(=O)(=O)[O-])c1.[Ca+2]. The molecule has 9 heteroatoms. The van der Waals surface area contributed by atoms with Crippen molar-refractivity contribution < 1.29 is 25.9 Å². The molecule has 0 spiro atoms. The maximum absolute atomic E-state index is 11.2. The number of hydrogen-bond donors (Lipinski definition) is 0. The summed E-state index contributed by atoms with van der Waals surface area (Å²) in [4.78, 5) is -0.209. The number of aryl methyl sites for hydroxylation is 2. The monoisotopic (exact) mass is 1590 g/mol. The quantitative estimate of drug-likeness (QED) is 0.0370. The summed E-state index contributed by atoms with van der Waals surface area (Å²) in [5, 5.41) is 0. The number of hydrogen-bond acceptors (Lipinski definition) is 6. The molecule has 0 unspecified atom stereocenters. The van der Waals surface area contributed by atoms with E-state index in [-0.39, 0.29) is 47.5 Å². The van der Waals surface area contributed by atoms with Gasteiger partial charge < -0.3 is 9.11 Å². The zero-order chi connectivity index (χ0) is 77.8. The summed E-state index contributed by atoms with van der Waals surface area (Å²) in [6, 6.07) is 13.0. The Kier molecular flexibility index (Phi) is 87.9. The first-order valence-electron chi connectivity index (χ1n) is 49.2. The van der Waals surface area contributed by atoms with Crippen LogP contribution in [0, 0.1) is 0 Å². The van der Waals surface area contributed by atoms with Crippen molar-refractivity contribution in [2.75, 3.05) is 0 Å². The van der Waals surface area contributed by atoms with Gasteiger partial charge in [0.1, 0.15) is 20.2 Å². The van der Waals surface area contributed by atoms with Gasteiger partial charge in [0.05, 0.1) is 9.79 Å². The summed E-state index contributed by atoms with van der Waals surface area (Å²) in [7, 11) is -8.70. The Balaban J connectivity index is 0.00000212. The first-order valence-corrected chi connectivity index (χ1v) is 52.0. The molecular formula is C100H186CaO6S2. The van der Waals surface area contributed by atoms with E-state index in [0.29, 0.717) is 0 Å². The van der Waals surface area contributed by atoms with E-state index in [1.165, 1.54) is 551 Å². The molecule has 0 N–H and O–H groups in total. The summed E-state index contributed by atoms with van der Waals surface area (Å²) >= 11 is 0. The molecule has 0 bridgehead atoms. The molecule has 0 atom stereocenters. The van der Waals surface area contributed by atoms with Gasteiger partial charge in [-0.25, -0.2) is 16.8 Å². The zero-order valence-electron chi connectivity index (χ0n) is 73.4. The predicted octanol–water partition coefficient (Wildman–Crippen LogP) is 34.7. The molecule has 0 aliphatic heterocycles. The molecule has 0 aliphatic rings. The predicted molar refractivity (Wildman–Crippen MR) is 481 cm³/mol. The Hall–Kier alpha value is -0.480. The van der Waals surface area contributed by atoms with Crippen LogP contribution in [0.4, 0.5) is 0 Å². The van der Waals surface area contributed by atoms with Crippen molar-refractivity contribution >= 4 is 58.0 Å². The molecule has 2 aromatic rings. The minimum atomic E-state index is -4.35. The second-order valence-electron chi connectivity index (χ2n) is 34.7. The average Bonchev–Trinajstić information content (AvgIpc) is 0.864. The molecule has 0 aromatic heterocycles. The second kappa shape index (κ2) is 88.3. The first kappa shape index (κ1) is 109. The van der Waals surface area contributed by atoms with Crippen molar-refractivity contribution in [1.29, 1.82) is 0 Å². The third kappa shape index (κ3) is 83.8. The molecule has 2 aromatic carbocycles. The Labute approximate surface area is 713 Å². The van der Waals surface area contributed by atoms with Gasteiger partial charge in [0.15, 0.2) is 0 Å². The molecular weight excluding hydrogens is 1400 g/mol. The van der Waals surface area contributed by atoms with Crippen LogP contribution >= 0.6 is 0 Å². The molecule has 0 saturated carbocycles. The standard InChI is InChI=1S/2C50H94O3S.Ca/c2*1-2-3-4-5-6-7-8-9-10-11-12-13-14-15-16-17-18-19-20-21-22-23-24-25-26-27-28-29-30-31-32-33-34-35-36-37-38-39-40-41-42-43-45-49-46-44-47-50(48-49)54(51,52)53;/h2*44,46-48H,2-43,45H2,1H3,(H,51,52,53);/q;;+2/p-2. The zero-order valence-corrected chi connectivity index (χ0v) is 77.2. The van der Waals surface area contributed by atoms with Crippen LogP contribution in [0.1, 0.15) is 564 Å². The van der Waals surface area contributed by atoms with Gasteiger partial charge in [-0.15, -0.1) is 0 Å². The van der Waals surface area contributed by atoms with Crippen LogP contribution < -0.4 is 0 Å². The van der Waals surface area contributed by atoms with Gasteiger partial charge in [-0.3, -0.25) is 0 Å². The van der Waals surface area contributed by atoms with E-state index in [4.69, 9.17) is 0 Å². The Morgan fingerprint density at radius 2 is 0.294 bits per heavy atom. The molecule has 0 radical (unpaired) electrons. The first-order chi connectivity index (χ1) is 53.1. The van der Waals surface area contributed by atoms with Gasteiger partial charge in [0.2, 0.25) is 0 Å². The molecule has 0 aliphatic carbocycles. The summed E-state index contributed by atoms with van der Waals surface area (Å²) in [6.45, 7) is 4.61. The summed E-state index contributed by atoms with van der Waals surface area (Å²) in [6.07, 6.45) is 122. The third-order valence-electron chi connectivity index (χ3n) is 24.0. The van der Waals surface area contributed by atoms with Gasteiger partial charge in [-0.05, 0) is 61.1 Å². The van der Waals surface area contributed by atoms with Crippen molar-refractivity contribution in [2.24, 2.45) is 0 Å². The minimum absolute atomic E-state index is 0. The van der Waals surface area contributed by atoms with Gasteiger partial charge in [0, 0.05) is 0 Å². The number of unbranched alkanes of at least 4 members (excludes halogenated alkanes) is 82. The Morgan fingerprint density at radius 3 is 0.404 bits per heavy atom. The van der Waals surface area contributed by atoms with E-state index < -0.39 is 20.2 Å². The van der Waals surface area contributed by atoms with Crippen LogP contribution in [0.15, 0.2) is 58.3 Å². The second-order valence-corrected chi connectivity index (χ2v) is 37.5. The summed E-state index contributed by atoms with van der Waals surface area (Å²) in [5.41, 5.74) is 1.91. The van der Waals surface area contributed by atoms with Crippen LogP contribution in [0.25, 0.3) is 0 Å². The molecule has 0 amide bonds. The largest absolute Gasteiger partial charge is 2.00 e. The molecule has 636 valence electrons. The van der Waals surface area contributed by atoms with E-state index in [1.807, 2.05) is 12.1 Å². The maximum atomic E-state index is 11.2. The van der Waals surface area contributed by atoms with Crippen LogP contribution in [0.3, 0.4) is 0 Å². The molecule has 109 heavy (non-hydrogen) atoms. The fourth-order valence-corrected chi connectivity index (χ4v) is 17.7. The van der Waals surface area contributed by atoms with Crippen molar-refractivity contribution in [3.63, 3.8) is 0 Å².